The number of amides is 1. The lowest BCUT2D eigenvalue weighted by atomic mass is 10.2. The van der Waals surface area contributed by atoms with E-state index >= 15 is 0 Å². The topological polar surface area (TPSA) is 75.3 Å². The molecule has 0 aromatic heterocycles. The van der Waals surface area contributed by atoms with Gasteiger partial charge in [0.05, 0.1) is 22.2 Å². The molecule has 1 unspecified atom stereocenters. The fraction of sp³-hybridized carbons (Fsp3) is 0.417. The smallest absolute Gasteiger partial charge is 0.226 e. The Bertz CT molecular complexity index is 619. The molecule has 1 atom stereocenters. The number of halogens is 2. The minimum atomic E-state index is -3.05. The molecule has 2 rings (SSSR count). The van der Waals surface area contributed by atoms with E-state index in [9.17, 15) is 13.2 Å². The molecule has 1 aliphatic rings. The second kappa shape index (κ2) is 6.30. The average molecular weight is 337 g/mol. The highest BCUT2D eigenvalue weighted by molar-refractivity contribution is 7.91. The zero-order chi connectivity index (χ0) is 14.8. The van der Waals surface area contributed by atoms with Gasteiger partial charge < -0.3 is 10.6 Å². The van der Waals surface area contributed by atoms with Gasteiger partial charge in [0.2, 0.25) is 5.91 Å². The van der Waals surface area contributed by atoms with E-state index in [1.54, 1.807) is 18.2 Å². The predicted octanol–water partition coefficient (Wildman–Crippen LogP) is 1.71. The number of carbonyl (C=O) groups is 1. The van der Waals surface area contributed by atoms with Crippen LogP contribution in [0.5, 0.6) is 0 Å². The fourth-order valence-corrected chi connectivity index (χ4v) is 3.80. The van der Waals surface area contributed by atoms with Crippen LogP contribution < -0.4 is 10.6 Å². The van der Waals surface area contributed by atoms with Crippen LogP contribution >= 0.6 is 23.2 Å². The number of hydrogen-bond donors (Lipinski definition) is 2. The molecule has 1 aromatic rings. The van der Waals surface area contributed by atoms with Crippen molar-refractivity contribution in [1.29, 1.82) is 0 Å². The maximum absolute atomic E-state index is 11.9. The molecule has 1 fully saturated rings. The van der Waals surface area contributed by atoms with E-state index in [0.29, 0.717) is 22.3 Å². The third kappa shape index (κ3) is 4.34. The number of anilines is 1. The number of carbonyl (C=O) groups excluding carboxylic acids is 1. The molecule has 1 heterocycles. The first kappa shape index (κ1) is 15.6. The summed E-state index contributed by atoms with van der Waals surface area (Å²) in [5.41, 5.74) is 0.419. The second-order valence-corrected chi connectivity index (χ2v) is 7.71. The van der Waals surface area contributed by atoms with E-state index in [4.69, 9.17) is 23.2 Å². The van der Waals surface area contributed by atoms with Crippen LogP contribution in [0.4, 0.5) is 5.69 Å². The second-order valence-electron chi connectivity index (χ2n) is 4.64. The number of nitrogens with one attached hydrogen (secondary N) is 2. The molecule has 1 saturated heterocycles. The third-order valence-electron chi connectivity index (χ3n) is 2.94. The molecule has 0 bridgehead atoms. The summed E-state index contributed by atoms with van der Waals surface area (Å²) in [5, 5.41) is 6.50. The van der Waals surface area contributed by atoms with E-state index in [1.165, 1.54) is 0 Å². The Morgan fingerprint density at radius 1 is 1.40 bits per heavy atom. The van der Waals surface area contributed by atoms with Gasteiger partial charge in [0, 0.05) is 24.0 Å². The molecular weight excluding hydrogens is 323 g/mol. The molecular formula is C12H14Cl2N2O3S. The summed E-state index contributed by atoms with van der Waals surface area (Å²) in [6, 6.07) is 4.39. The molecule has 8 heteroatoms. The fourth-order valence-electron chi connectivity index (χ4n) is 2.02. The molecule has 5 nitrogen and oxygen atoms in total. The minimum absolute atomic E-state index is 0.0241. The minimum Gasteiger partial charge on any atom is -0.325 e. The van der Waals surface area contributed by atoms with Gasteiger partial charge in [-0.3, -0.25) is 4.79 Å². The molecule has 0 saturated carbocycles. The van der Waals surface area contributed by atoms with Gasteiger partial charge in [-0.15, -0.1) is 0 Å². The molecule has 0 spiro atoms. The van der Waals surface area contributed by atoms with Crippen molar-refractivity contribution in [1.82, 2.24) is 5.32 Å². The summed E-state index contributed by atoms with van der Waals surface area (Å²) in [7, 11) is -3.05. The largest absolute Gasteiger partial charge is 0.325 e. The number of rotatable bonds is 3. The monoisotopic (exact) mass is 336 g/mol. The predicted molar refractivity (Wildman–Crippen MR) is 80.2 cm³/mol. The van der Waals surface area contributed by atoms with Crippen molar-refractivity contribution >= 4 is 44.6 Å². The summed E-state index contributed by atoms with van der Waals surface area (Å²) < 4.78 is 23.0. The Balaban J connectivity index is 1.97. The lowest BCUT2D eigenvalue weighted by Crippen LogP contribution is -2.46. The van der Waals surface area contributed by atoms with Crippen molar-refractivity contribution in [2.45, 2.75) is 12.5 Å². The summed E-state index contributed by atoms with van der Waals surface area (Å²) in [6.45, 7) is 0.373. The van der Waals surface area contributed by atoms with E-state index in [-0.39, 0.29) is 29.9 Å². The highest BCUT2D eigenvalue weighted by atomic mass is 35.5. The molecule has 1 amide bonds. The maximum atomic E-state index is 11.9. The van der Waals surface area contributed by atoms with Crippen molar-refractivity contribution in [3.8, 4) is 0 Å². The van der Waals surface area contributed by atoms with Crippen LogP contribution in [0, 0.1) is 0 Å². The molecule has 20 heavy (non-hydrogen) atoms. The van der Waals surface area contributed by atoms with Crippen LogP contribution in [-0.4, -0.2) is 38.4 Å². The summed E-state index contributed by atoms with van der Waals surface area (Å²) in [5.74, 6) is -0.210. The van der Waals surface area contributed by atoms with Crippen LogP contribution in [0.2, 0.25) is 10.0 Å². The molecule has 0 radical (unpaired) electrons. The van der Waals surface area contributed by atoms with E-state index in [1.807, 2.05) is 0 Å². The lowest BCUT2D eigenvalue weighted by Gasteiger charge is -2.23. The van der Waals surface area contributed by atoms with Crippen LogP contribution in [0.3, 0.4) is 0 Å². The van der Waals surface area contributed by atoms with Crippen LogP contribution in [0.1, 0.15) is 6.42 Å². The van der Waals surface area contributed by atoms with Crippen molar-refractivity contribution in [2.75, 3.05) is 23.4 Å². The van der Waals surface area contributed by atoms with Crippen molar-refractivity contribution in [3.05, 3.63) is 28.2 Å². The van der Waals surface area contributed by atoms with Gasteiger partial charge in [-0.1, -0.05) is 23.2 Å². The summed E-state index contributed by atoms with van der Waals surface area (Å²) in [4.78, 5) is 11.9. The zero-order valence-corrected chi connectivity index (χ0v) is 12.9. The van der Waals surface area contributed by atoms with Crippen molar-refractivity contribution < 1.29 is 13.2 Å². The molecule has 0 aliphatic carbocycles. The first-order chi connectivity index (χ1) is 9.35. The van der Waals surface area contributed by atoms with Gasteiger partial charge >= 0.3 is 0 Å². The van der Waals surface area contributed by atoms with Crippen LogP contribution in [0.15, 0.2) is 18.2 Å². The van der Waals surface area contributed by atoms with Gasteiger partial charge in [-0.25, -0.2) is 8.42 Å². The van der Waals surface area contributed by atoms with Gasteiger partial charge in [0.25, 0.3) is 0 Å². The zero-order valence-electron chi connectivity index (χ0n) is 10.5. The highest BCUT2D eigenvalue weighted by Crippen LogP contribution is 2.25. The van der Waals surface area contributed by atoms with E-state index in [0.717, 1.165) is 0 Å². The summed E-state index contributed by atoms with van der Waals surface area (Å²) >= 11 is 11.8. The van der Waals surface area contributed by atoms with Crippen LogP contribution in [-0.2, 0) is 14.6 Å². The number of hydrogen-bond acceptors (Lipinski definition) is 4. The van der Waals surface area contributed by atoms with Gasteiger partial charge in [0.15, 0.2) is 9.84 Å². The first-order valence-corrected chi connectivity index (χ1v) is 8.62. The lowest BCUT2D eigenvalue weighted by molar-refractivity contribution is -0.116. The Hall–Kier alpha value is -0.820. The van der Waals surface area contributed by atoms with Crippen molar-refractivity contribution in [3.63, 3.8) is 0 Å². The van der Waals surface area contributed by atoms with E-state index < -0.39 is 9.84 Å². The number of benzene rings is 1. The normalized spacial score (nSPS) is 21.4. The van der Waals surface area contributed by atoms with Gasteiger partial charge in [-0.2, -0.15) is 0 Å². The quantitative estimate of drug-likeness (QED) is 0.881. The Morgan fingerprint density at radius 2 is 2.15 bits per heavy atom. The standard InChI is InChI=1S/C12H14Cl2N2O3S/c13-8-1-2-10(14)11(5-8)16-12(17)6-9-7-20(18,19)4-3-15-9/h1-2,5,9,15H,3-4,6-7H2,(H,16,17). The Kier molecular flexibility index (Phi) is 4.90. The van der Waals surface area contributed by atoms with Gasteiger partial charge in [0.1, 0.15) is 0 Å². The molecule has 1 aliphatic heterocycles. The Morgan fingerprint density at radius 3 is 2.85 bits per heavy atom. The summed E-state index contributed by atoms with van der Waals surface area (Å²) in [6.07, 6.45) is 0.0715. The van der Waals surface area contributed by atoms with Crippen molar-refractivity contribution in [2.24, 2.45) is 0 Å². The SMILES string of the molecule is O=C(CC1CS(=O)(=O)CCN1)Nc1cc(Cl)ccc1Cl. The first-order valence-electron chi connectivity index (χ1n) is 6.04. The third-order valence-corrected chi connectivity index (χ3v) is 5.24. The Labute approximate surface area is 127 Å². The highest BCUT2D eigenvalue weighted by Gasteiger charge is 2.26. The molecule has 110 valence electrons. The maximum Gasteiger partial charge on any atom is 0.226 e. The average Bonchev–Trinajstić information content (AvgIpc) is 2.32. The van der Waals surface area contributed by atoms with E-state index in [2.05, 4.69) is 10.6 Å². The number of sulfone groups is 1. The van der Waals surface area contributed by atoms with Gasteiger partial charge in [-0.05, 0) is 18.2 Å². The molecule has 1 aromatic carbocycles. The van der Waals surface area contributed by atoms with Crippen LogP contribution in [0.25, 0.3) is 0 Å². The molecule has 2 N–H and O–H groups in total.